The summed E-state index contributed by atoms with van der Waals surface area (Å²) < 4.78 is 66.3. The van der Waals surface area contributed by atoms with Crippen LogP contribution < -0.4 is 9.62 Å². The minimum atomic E-state index is -1.96. The fraction of sp³-hybridized carbons (Fsp3) is 0.475. The Morgan fingerprint density at radius 2 is 1.65 bits per heavy atom. The number of ketones is 1. The van der Waals surface area contributed by atoms with E-state index in [0.717, 1.165) is 87.6 Å². The lowest BCUT2D eigenvalue weighted by molar-refractivity contribution is -0.156. The van der Waals surface area contributed by atoms with Crippen LogP contribution in [0.4, 0.5) is 24.5 Å². The van der Waals surface area contributed by atoms with Crippen molar-refractivity contribution < 1.29 is 31.7 Å². The van der Waals surface area contributed by atoms with Gasteiger partial charge in [0.1, 0.15) is 23.2 Å². The molecule has 2 N–H and O–H groups in total. The number of carbonyl (C=O) groups is 2. The summed E-state index contributed by atoms with van der Waals surface area (Å²) >= 11 is -1.96. The van der Waals surface area contributed by atoms with Gasteiger partial charge in [-0.25, -0.2) is 26.7 Å². The van der Waals surface area contributed by atoms with Crippen LogP contribution in [0.2, 0.25) is 0 Å². The normalized spacial score (nSPS) is 19.9. The van der Waals surface area contributed by atoms with E-state index in [1.807, 2.05) is 32.9 Å². The third kappa shape index (κ3) is 9.22. The molecular weight excluding hydrogens is 732 g/mol. The predicted molar refractivity (Wildman–Crippen MR) is 208 cm³/mol. The van der Waals surface area contributed by atoms with Gasteiger partial charge < -0.3 is 19.5 Å². The van der Waals surface area contributed by atoms with E-state index in [-0.39, 0.29) is 36.7 Å². The van der Waals surface area contributed by atoms with Crippen molar-refractivity contribution in [2.75, 3.05) is 75.1 Å². The Morgan fingerprint density at radius 3 is 2.33 bits per heavy atom. The van der Waals surface area contributed by atoms with E-state index in [0.29, 0.717) is 23.5 Å². The first-order chi connectivity index (χ1) is 26.3. The Morgan fingerprint density at radius 1 is 0.945 bits per heavy atom. The zero-order valence-corrected chi connectivity index (χ0v) is 32.3. The second kappa shape index (κ2) is 16.4. The molecule has 3 aliphatic rings. The van der Waals surface area contributed by atoms with E-state index in [2.05, 4.69) is 41.5 Å². The molecular formula is C40H48F3N7O4S. The average molecular weight is 780 g/mol. The number of benzene rings is 2. The number of hydrogen-bond donors (Lipinski definition) is 2. The van der Waals surface area contributed by atoms with Crippen LogP contribution in [-0.4, -0.2) is 117 Å². The molecule has 11 nitrogen and oxygen atoms in total. The summed E-state index contributed by atoms with van der Waals surface area (Å²) in [4.78, 5) is 40.4. The number of halogens is 3. The first kappa shape index (κ1) is 38.9. The van der Waals surface area contributed by atoms with Crippen LogP contribution in [0.5, 0.6) is 0 Å². The molecule has 0 bridgehead atoms. The molecule has 55 heavy (non-hydrogen) atoms. The number of alkyl halides is 1. The highest BCUT2D eigenvalue weighted by Gasteiger charge is 2.30. The maximum absolute atomic E-state index is 15.7. The van der Waals surface area contributed by atoms with Gasteiger partial charge >= 0.3 is 5.97 Å². The number of esters is 1. The molecule has 3 fully saturated rings. The fourth-order valence-electron chi connectivity index (χ4n) is 7.61. The van der Waals surface area contributed by atoms with Crippen LogP contribution in [0.25, 0.3) is 22.2 Å². The molecule has 0 radical (unpaired) electrons. The van der Waals surface area contributed by atoms with Gasteiger partial charge in [-0.1, -0.05) is 12.1 Å². The lowest BCUT2D eigenvalue weighted by Crippen LogP contribution is -2.50. The number of carbonyl (C=O) groups excluding carboxylic acids is 2. The number of hydrogen-bond acceptors (Lipinski definition) is 8. The summed E-state index contributed by atoms with van der Waals surface area (Å²) in [5.74, 6) is -2.68. The summed E-state index contributed by atoms with van der Waals surface area (Å²) in [6.45, 7) is 12.8. The minimum absolute atomic E-state index is 0.0439. The van der Waals surface area contributed by atoms with Crippen molar-refractivity contribution >= 4 is 45.3 Å². The van der Waals surface area contributed by atoms with Gasteiger partial charge in [-0.05, 0) is 81.8 Å². The lowest BCUT2D eigenvalue weighted by atomic mass is 9.95. The minimum Gasteiger partial charge on any atom is -0.459 e. The zero-order valence-electron chi connectivity index (χ0n) is 31.5. The Balaban J connectivity index is 0.954. The molecule has 2 aromatic carbocycles. The Hall–Kier alpha value is -4.31. The van der Waals surface area contributed by atoms with E-state index in [9.17, 15) is 18.2 Å². The number of rotatable bonds is 11. The van der Waals surface area contributed by atoms with E-state index < -0.39 is 45.9 Å². The van der Waals surface area contributed by atoms with Crippen LogP contribution in [-0.2, 0) is 20.7 Å². The topological polar surface area (TPSA) is 114 Å². The first-order valence-electron chi connectivity index (χ1n) is 18.9. The van der Waals surface area contributed by atoms with E-state index in [1.165, 1.54) is 10.5 Å². The van der Waals surface area contributed by atoms with Crippen LogP contribution in [0, 0.1) is 17.6 Å². The number of anilines is 2. The number of piperidine rings is 1. The number of aromatic nitrogens is 2. The fourth-order valence-corrected chi connectivity index (χ4v) is 8.65. The second-order valence-electron chi connectivity index (χ2n) is 15.7. The van der Waals surface area contributed by atoms with Gasteiger partial charge in [0.15, 0.2) is 17.0 Å². The molecule has 3 aliphatic heterocycles. The molecule has 7 rings (SSSR count). The summed E-state index contributed by atoms with van der Waals surface area (Å²) in [7, 11) is 0. The number of nitrogens with one attached hydrogen (secondary N) is 2. The molecule has 0 saturated carbocycles. The molecule has 2 atom stereocenters. The highest BCUT2D eigenvalue weighted by Crippen LogP contribution is 2.32. The van der Waals surface area contributed by atoms with E-state index in [4.69, 9.17) is 4.74 Å². The van der Waals surface area contributed by atoms with Crippen LogP contribution in [0.15, 0.2) is 54.9 Å². The van der Waals surface area contributed by atoms with Crippen molar-refractivity contribution in [3.63, 3.8) is 0 Å². The molecule has 0 aliphatic carbocycles. The van der Waals surface area contributed by atoms with Crippen molar-refractivity contribution in [2.45, 2.75) is 51.8 Å². The molecule has 4 aromatic rings. The number of pyridine rings is 1. The highest BCUT2D eigenvalue weighted by atomic mass is 32.2. The number of ether oxygens (including phenoxy) is 1. The van der Waals surface area contributed by atoms with Crippen LogP contribution in [0.1, 0.15) is 56.0 Å². The Labute approximate surface area is 321 Å². The number of fused-ring (bicyclic) bond motifs is 1. The van der Waals surface area contributed by atoms with Crippen LogP contribution in [0.3, 0.4) is 0 Å². The Bertz CT molecular complexity index is 2040. The van der Waals surface area contributed by atoms with Crippen LogP contribution >= 0.6 is 0 Å². The van der Waals surface area contributed by atoms with Gasteiger partial charge in [0.05, 0.1) is 17.8 Å². The van der Waals surface area contributed by atoms with Crippen molar-refractivity contribution in [1.82, 2.24) is 24.1 Å². The second-order valence-corrected chi connectivity index (χ2v) is 16.9. The molecule has 5 heterocycles. The van der Waals surface area contributed by atoms with Gasteiger partial charge in [-0.15, -0.1) is 0 Å². The number of piperazine rings is 1. The SMILES string of the molecule is CC(C)(C)OC(=O)CN1CCN(CC2CCN(c3ccc(-c4cnc5[nH]cc(C(=O)c6c(F)ccc(NS(=O)N7CCC(F)C7)c6F)c5c4)cc3)CC2)CC1. The quantitative estimate of drug-likeness (QED) is 0.142. The van der Waals surface area contributed by atoms with Crippen molar-refractivity contribution in [1.29, 1.82) is 0 Å². The van der Waals surface area contributed by atoms with Gasteiger partial charge in [-0.2, -0.15) is 0 Å². The summed E-state index contributed by atoms with van der Waals surface area (Å²) in [6.07, 6.45) is 4.34. The number of H-pyrrole nitrogens is 1. The number of nitrogens with zero attached hydrogens (tertiary/aromatic N) is 5. The van der Waals surface area contributed by atoms with Gasteiger partial charge in [0, 0.05) is 93.5 Å². The molecule has 3 saturated heterocycles. The maximum Gasteiger partial charge on any atom is 0.320 e. The standard InChI is InChI=1S/C40H48F3N7O4S/c1-40(2,3)54-35(51)25-48-18-16-47(17-19-48)23-26-10-13-49(14-11-26)30-6-4-27(5-7-30)28-20-31-32(22-45-39(31)44-21-28)38(52)36-33(42)8-9-34(37(36)43)46-55(53)50-15-12-29(41)24-50/h4-9,20-22,26,29,46H,10-19,23-25H2,1-3H3,(H,44,45). The monoisotopic (exact) mass is 779 g/mol. The third-order valence-corrected chi connectivity index (χ3v) is 11.7. The molecule has 2 aromatic heterocycles. The average Bonchev–Trinajstić information content (AvgIpc) is 3.79. The summed E-state index contributed by atoms with van der Waals surface area (Å²) in [5, 5.41) is 0.407. The number of aromatic amines is 1. The molecule has 0 spiro atoms. The largest absolute Gasteiger partial charge is 0.459 e. The van der Waals surface area contributed by atoms with Gasteiger partial charge in [0.2, 0.25) is 5.78 Å². The first-order valence-corrected chi connectivity index (χ1v) is 20.0. The molecule has 0 amide bonds. The zero-order chi connectivity index (χ0) is 38.9. The predicted octanol–water partition coefficient (Wildman–Crippen LogP) is 5.95. The maximum atomic E-state index is 15.7. The van der Waals surface area contributed by atoms with E-state index in [1.54, 1.807) is 12.3 Å². The molecule has 294 valence electrons. The van der Waals surface area contributed by atoms with E-state index >= 15 is 8.78 Å². The van der Waals surface area contributed by atoms with Crippen molar-refractivity contribution in [2.24, 2.45) is 5.92 Å². The third-order valence-electron chi connectivity index (χ3n) is 10.6. The van der Waals surface area contributed by atoms with Gasteiger partial charge in [-0.3, -0.25) is 19.2 Å². The van der Waals surface area contributed by atoms with Gasteiger partial charge in [0.25, 0.3) is 0 Å². The Kier molecular flexibility index (Phi) is 11.6. The molecule has 2 unspecified atom stereocenters. The lowest BCUT2D eigenvalue weighted by Gasteiger charge is -2.39. The summed E-state index contributed by atoms with van der Waals surface area (Å²) in [6, 6.07) is 12.0. The highest BCUT2D eigenvalue weighted by molar-refractivity contribution is 7.84. The molecule has 15 heteroatoms. The summed E-state index contributed by atoms with van der Waals surface area (Å²) in [5.41, 5.74) is 1.60. The smallest absolute Gasteiger partial charge is 0.320 e. The van der Waals surface area contributed by atoms with Crippen molar-refractivity contribution in [3.8, 4) is 11.1 Å². The van der Waals surface area contributed by atoms with Crippen molar-refractivity contribution in [3.05, 3.63) is 77.6 Å².